The third-order valence-corrected chi connectivity index (χ3v) is 5.38. The first kappa shape index (κ1) is 21.4. The van der Waals surface area contributed by atoms with E-state index in [1.165, 1.54) is 11.4 Å². The highest BCUT2D eigenvalue weighted by Gasteiger charge is 2.18. The zero-order chi connectivity index (χ0) is 20.6. The molecule has 0 unspecified atom stereocenters. The topological polar surface area (TPSA) is 96.7 Å². The van der Waals surface area contributed by atoms with Crippen LogP contribution in [0.25, 0.3) is 11.1 Å². The Morgan fingerprint density at radius 3 is 2.11 bits per heavy atom. The van der Waals surface area contributed by atoms with Crippen LogP contribution in [0.5, 0.6) is 5.75 Å². The minimum Gasteiger partial charge on any atom is -0.492 e. The minimum absolute atomic E-state index is 0.0111. The second-order valence-corrected chi connectivity index (χ2v) is 8.03. The lowest BCUT2D eigenvalue weighted by atomic mass is 10.0. The molecular formula is C20H22N2O5S. The van der Waals surface area contributed by atoms with Crippen molar-refractivity contribution in [3.8, 4) is 22.9 Å². The number of esters is 1. The number of benzene rings is 2. The van der Waals surface area contributed by atoms with Gasteiger partial charge in [0, 0.05) is 13.1 Å². The van der Waals surface area contributed by atoms with Crippen molar-refractivity contribution in [1.29, 1.82) is 5.26 Å². The van der Waals surface area contributed by atoms with Gasteiger partial charge in [0.1, 0.15) is 12.4 Å². The molecule has 2 aromatic carbocycles. The van der Waals surface area contributed by atoms with Crippen molar-refractivity contribution in [2.45, 2.75) is 6.42 Å². The van der Waals surface area contributed by atoms with Crippen molar-refractivity contribution in [2.75, 3.05) is 33.1 Å². The van der Waals surface area contributed by atoms with Gasteiger partial charge in [-0.25, -0.2) is 8.42 Å². The Labute approximate surface area is 165 Å². The van der Waals surface area contributed by atoms with Crippen LogP contribution in [0.1, 0.15) is 12.0 Å². The van der Waals surface area contributed by atoms with E-state index < -0.39 is 16.0 Å². The molecule has 0 saturated carbocycles. The summed E-state index contributed by atoms with van der Waals surface area (Å²) in [5.41, 5.74) is 2.57. The van der Waals surface area contributed by atoms with Crippen molar-refractivity contribution in [3.05, 3.63) is 54.1 Å². The van der Waals surface area contributed by atoms with Crippen molar-refractivity contribution in [2.24, 2.45) is 0 Å². The molecule has 0 saturated heterocycles. The highest BCUT2D eigenvalue weighted by molar-refractivity contribution is 7.88. The summed E-state index contributed by atoms with van der Waals surface area (Å²) in [5.74, 6) is 0.145. The first-order valence-corrected chi connectivity index (χ1v) is 10.4. The van der Waals surface area contributed by atoms with Gasteiger partial charge in [0.25, 0.3) is 0 Å². The largest absolute Gasteiger partial charge is 0.492 e. The van der Waals surface area contributed by atoms with E-state index in [0.29, 0.717) is 11.3 Å². The molecule has 0 aromatic heterocycles. The number of methoxy groups -OCH3 is 1. The van der Waals surface area contributed by atoms with Crippen LogP contribution in [0.15, 0.2) is 48.5 Å². The van der Waals surface area contributed by atoms with E-state index in [2.05, 4.69) is 10.8 Å². The molecule has 7 nitrogen and oxygen atoms in total. The van der Waals surface area contributed by atoms with Gasteiger partial charge in [0.05, 0.1) is 31.4 Å². The van der Waals surface area contributed by atoms with E-state index in [0.717, 1.165) is 17.4 Å². The molecule has 148 valence electrons. The van der Waals surface area contributed by atoms with Crippen LogP contribution >= 0.6 is 0 Å². The quantitative estimate of drug-likeness (QED) is 0.598. The first-order chi connectivity index (χ1) is 13.3. The fourth-order valence-corrected chi connectivity index (χ4v) is 3.34. The van der Waals surface area contributed by atoms with Gasteiger partial charge in [-0.3, -0.25) is 4.79 Å². The second kappa shape index (κ2) is 9.88. The smallest absolute Gasteiger partial charge is 0.306 e. The zero-order valence-electron chi connectivity index (χ0n) is 15.8. The van der Waals surface area contributed by atoms with Gasteiger partial charge >= 0.3 is 5.97 Å². The Bertz CT molecular complexity index is 932. The highest BCUT2D eigenvalue weighted by atomic mass is 32.2. The van der Waals surface area contributed by atoms with Gasteiger partial charge in [-0.05, 0) is 35.4 Å². The summed E-state index contributed by atoms with van der Waals surface area (Å²) < 4.78 is 35.0. The average Bonchev–Trinajstić information content (AvgIpc) is 2.69. The number of hydrogen-bond donors (Lipinski definition) is 0. The van der Waals surface area contributed by atoms with E-state index >= 15 is 0 Å². The van der Waals surface area contributed by atoms with Crippen LogP contribution in [0.4, 0.5) is 0 Å². The van der Waals surface area contributed by atoms with Crippen LogP contribution < -0.4 is 4.74 Å². The molecule has 8 heteroatoms. The zero-order valence-corrected chi connectivity index (χ0v) is 16.6. The van der Waals surface area contributed by atoms with E-state index in [4.69, 9.17) is 10.00 Å². The molecule has 0 N–H and O–H groups in total. The standard InChI is InChI=1S/C20H22N2O5S/c1-26-20(23)11-12-22(28(2,24)25)13-14-27-19-9-7-18(8-10-19)17-5-3-16(15-21)4-6-17/h3-10H,11-14H2,1-2H3. The summed E-state index contributed by atoms with van der Waals surface area (Å²) in [6.07, 6.45) is 1.08. The van der Waals surface area contributed by atoms with Crippen LogP contribution in [-0.4, -0.2) is 51.8 Å². The predicted octanol–water partition coefficient (Wildman–Crippen LogP) is 2.43. The van der Waals surface area contributed by atoms with E-state index in [9.17, 15) is 13.2 Å². The molecule has 2 aromatic rings. The Morgan fingerprint density at radius 2 is 1.61 bits per heavy atom. The Hall–Kier alpha value is -2.89. The summed E-state index contributed by atoms with van der Waals surface area (Å²) in [6, 6.07) is 16.7. The number of nitriles is 1. The van der Waals surface area contributed by atoms with E-state index in [-0.39, 0.29) is 26.1 Å². The molecule has 0 spiro atoms. The third-order valence-electron chi connectivity index (χ3n) is 4.07. The van der Waals surface area contributed by atoms with Gasteiger partial charge in [0.2, 0.25) is 10.0 Å². The Kier molecular flexibility index (Phi) is 7.55. The minimum atomic E-state index is -3.45. The second-order valence-electron chi connectivity index (χ2n) is 6.05. The third kappa shape index (κ3) is 6.37. The molecule has 0 heterocycles. The summed E-state index contributed by atoms with van der Waals surface area (Å²) in [6.45, 7) is 0.337. The molecule has 0 atom stereocenters. The number of hydrogen-bond acceptors (Lipinski definition) is 6. The van der Waals surface area contributed by atoms with Crippen molar-refractivity contribution < 1.29 is 22.7 Å². The Morgan fingerprint density at radius 1 is 1.04 bits per heavy atom. The first-order valence-electron chi connectivity index (χ1n) is 8.59. The van der Waals surface area contributed by atoms with Gasteiger partial charge < -0.3 is 9.47 Å². The summed E-state index contributed by atoms with van der Waals surface area (Å²) in [5, 5.41) is 8.85. The SMILES string of the molecule is COC(=O)CCN(CCOc1ccc(-c2ccc(C#N)cc2)cc1)S(C)(=O)=O. The maximum atomic E-state index is 11.8. The van der Waals surface area contributed by atoms with Crippen LogP contribution in [-0.2, 0) is 19.6 Å². The molecule has 0 aliphatic heterocycles. The molecule has 0 radical (unpaired) electrons. The lowest BCUT2D eigenvalue weighted by Crippen LogP contribution is -2.35. The maximum Gasteiger partial charge on any atom is 0.306 e. The number of nitrogens with zero attached hydrogens (tertiary/aromatic N) is 2. The van der Waals surface area contributed by atoms with Gasteiger partial charge in [-0.2, -0.15) is 9.57 Å². The molecule has 0 bridgehead atoms. The summed E-state index contributed by atoms with van der Waals surface area (Å²) in [4.78, 5) is 11.2. The van der Waals surface area contributed by atoms with Crippen molar-refractivity contribution in [3.63, 3.8) is 0 Å². The number of sulfonamides is 1. The lowest BCUT2D eigenvalue weighted by molar-refractivity contribution is -0.140. The molecule has 0 amide bonds. The fourth-order valence-electron chi connectivity index (χ4n) is 2.51. The molecule has 0 aliphatic rings. The summed E-state index contributed by atoms with van der Waals surface area (Å²) >= 11 is 0. The average molecular weight is 402 g/mol. The van der Waals surface area contributed by atoms with Gasteiger partial charge in [0.15, 0.2) is 0 Å². The van der Waals surface area contributed by atoms with Crippen molar-refractivity contribution >= 4 is 16.0 Å². The van der Waals surface area contributed by atoms with Crippen LogP contribution in [0, 0.1) is 11.3 Å². The number of rotatable bonds is 9. The van der Waals surface area contributed by atoms with Gasteiger partial charge in [-0.15, -0.1) is 0 Å². The molecule has 0 fully saturated rings. The Balaban J connectivity index is 1.92. The van der Waals surface area contributed by atoms with Crippen LogP contribution in [0.2, 0.25) is 0 Å². The fraction of sp³-hybridized carbons (Fsp3) is 0.300. The monoisotopic (exact) mass is 402 g/mol. The predicted molar refractivity (Wildman–Crippen MR) is 105 cm³/mol. The maximum absolute atomic E-state index is 11.8. The lowest BCUT2D eigenvalue weighted by Gasteiger charge is -2.19. The number of carbonyl (C=O) groups excluding carboxylic acids is 1. The molecular weight excluding hydrogens is 380 g/mol. The normalized spacial score (nSPS) is 11.1. The summed E-state index contributed by atoms with van der Waals surface area (Å²) in [7, 11) is -2.19. The van der Waals surface area contributed by atoms with E-state index in [1.54, 1.807) is 24.3 Å². The van der Waals surface area contributed by atoms with Gasteiger partial charge in [-0.1, -0.05) is 24.3 Å². The highest BCUT2D eigenvalue weighted by Crippen LogP contribution is 2.22. The number of ether oxygens (including phenoxy) is 2. The molecule has 28 heavy (non-hydrogen) atoms. The van der Waals surface area contributed by atoms with E-state index in [1.807, 2.05) is 24.3 Å². The van der Waals surface area contributed by atoms with Crippen LogP contribution in [0.3, 0.4) is 0 Å². The molecule has 0 aliphatic carbocycles. The van der Waals surface area contributed by atoms with Crippen molar-refractivity contribution in [1.82, 2.24) is 4.31 Å². The number of carbonyl (C=O) groups is 1. The molecule has 2 rings (SSSR count).